The van der Waals surface area contributed by atoms with Crippen molar-refractivity contribution in [2.75, 3.05) is 26.3 Å². The highest BCUT2D eigenvalue weighted by Crippen LogP contribution is 2.35. The van der Waals surface area contributed by atoms with Gasteiger partial charge in [-0.2, -0.15) is 5.10 Å². The molecule has 0 bridgehead atoms. The van der Waals surface area contributed by atoms with Crippen LogP contribution in [0.2, 0.25) is 0 Å². The molecule has 1 saturated heterocycles. The van der Waals surface area contributed by atoms with E-state index >= 15 is 0 Å². The fourth-order valence-electron chi connectivity index (χ4n) is 3.24. The lowest BCUT2D eigenvalue weighted by Crippen LogP contribution is -2.36. The van der Waals surface area contributed by atoms with Crippen LogP contribution in [0.3, 0.4) is 0 Å². The highest BCUT2D eigenvalue weighted by atomic mass is 32.1. The van der Waals surface area contributed by atoms with Crippen LogP contribution in [0.25, 0.3) is 6.08 Å². The minimum atomic E-state index is -0.394. The summed E-state index contributed by atoms with van der Waals surface area (Å²) >= 11 is 4.78. The summed E-state index contributed by atoms with van der Waals surface area (Å²) in [7, 11) is 0. The Kier molecular flexibility index (Phi) is 6.15. The second-order valence-electron chi connectivity index (χ2n) is 6.23. The highest BCUT2D eigenvalue weighted by Gasteiger charge is 2.25. The number of benzene rings is 1. The van der Waals surface area contributed by atoms with Crippen molar-refractivity contribution in [2.24, 2.45) is 10.8 Å². The Balaban J connectivity index is 1.90. The first-order chi connectivity index (χ1) is 13.0. The number of hydrogen-bond donors (Lipinski definition) is 2. The molecule has 0 amide bonds. The van der Waals surface area contributed by atoms with E-state index in [1.807, 2.05) is 0 Å². The molecular formula is C18H21N5O3S. The van der Waals surface area contributed by atoms with Crippen molar-refractivity contribution in [3.05, 3.63) is 56.8 Å². The molecule has 0 saturated carbocycles. The lowest BCUT2D eigenvalue weighted by atomic mass is 10.1. The van der Waals surface area contributed by atoms with Gasteiger partial charge in [-0.05, 0) is 60.0 Å². The third kappa shape index (κ3) is 4.89. The molecule has 3 rings (SSSR count). The lowest BCUT2D eigenvalue weighted by molar-refractivity contribution is -0.384. The average Bonchev–Trinajstić information content (AvgIpc) is 3.05. The Labute approximate surface area is 162 Å². The fraction of sp³-hybridized carbons (Fsp3) is 0.333. The van der Waals surface area contributed by atoms with Gasteiger partial charge in [0.1, 0.15) is 0 Å². The lowest BCUT2D eigenvalue weighted by Gasteiger charge is -2.31. The predicted molar refractivity (Wildman–Crippen MR) is 108 cm³/mol. The van der Waals surface area contributed by atoms with Crippen molar-refractivity contribution >= 4 is 35.3 Å². The molecule has 0 aromatic heterocycles. The zero-order valence-electron chi connectivity index (χ0n) is 14.8. The minimum absolute atomic E-state index is 0.0872. The molecule has 8 nitrogen and oxygen atoms in total. The largest absolute Gasteiger partial charge is 0.378 e. The van der Waals surface area contributed by atoms with E-state index in [0.717, 1.165) is 42.8 Å². The number of non-ortho nitro benzene ring substituents is 1. The summed E-state index contributed by atoms with van der Waals surface area (Å²) in [5.41, 5.74) is 12.5. The molecule has 0 unspecified atom stereocenters. The average molecular weight is 387 g/mol. The number of thiocarbonyl (C=S) groups is 1. The van der Waals surface area contributed by atoms with Crippen molar-refractivity contribution in [1.82, 2.24) is 10.3 Å². The first-order valence-corrected chi connectivity index (χ1v) is 9.05. The van der Waals surface area contributed by atoms with Crippen molar-refractivity contribution in [2.45, 2.75) is 12.8 Å². The number of nitrogens with one attached hydrogen (secondary N) is 1. The van der Waals surface area contributed by atoms with E-state index in [9.17, 15) is 10.1 Å². The van der Waals surface area contributed by atoms with Gasteiger partial charge in [0, 0.05) is 30.9 Å². The van der Waals surface area contributed by atoms with Gasteiger partial charge in [0.15, 0.2) is 5.11 Å². The Morgan fingerprint density at radius 2 is 2.00 bits per heavy atom. The van der Waals surface area contributed by atoms with E-state index in [-0.39, 0.29) is 10.8 Å². The molecule has 1 heterocycles. The molecule has 2 aliphatic rings. The molecule has 1 aliphatic carbocycles. The monoisotopic (exact) mass is 387 g/mol. The summed E-state index contributed by atoms with van der Waals surface area (Å²) in [6.07, 6.45) is 5.57. The number of hydrazone groups is 1. The van der Waals surface area contributed by atoms with Crippen LogP contribution in [0.4, 0.5) is 5.69 Å². The molecule has 1 aromatic rings. The molecular weight excluding hydrogens is 366 g/mol. The summed E-state index contributed by atoms with van der Waals surface area (Å²) in [4.78, 5) is 12.7. The maximum Gasteiger partial charge on any atom is 0.269 e. The molecule has 1 aliphatic heterocycles. The second-order valence-corrected chi connectivity index (χ2v) is 6.67. The van der Waals surface area contributed by atoms with Gasteiger partial charge in [-0.1, -0.05) is 0 Å². The second kappa shape index (κ2) is 8.74. The van der Waals surface area contributed by atoms with Crippen LogP contribution >= 0.6 is 12.2 Å². The Bertz CT molecular complexity index is 811. The van der Waals surface area contributed by atoms with Crippen molar-refractivity contribution in [3.63, 3.8) is 0 Å². The van der Waals surface area contributed by atoms with Gasteiger partial charge in [0.2, 0.25) is 0 Å². The summed E-state index contributed by atoms with van der Waals surface area (Å²) in [5.74, 6) is 0. The highest BCUT2D eigenvalue weighted by molar-refractivity contribution is 7.80. The van der Waals surface area contributed by atoms with E-state index < -0.39 is 4.92 Å². The smallest absolute Gasteiger partial charge is 0.269 e. The normalized spacial score (nSPS) is 19.1. The van der Waals surface area contributed by atoms with Gasteiger partial charge >= 0.3 is 0 Å². The standard InChI is InChI=1S/C18H21N5O3S/c19-18(27)21-20-12-15-4-3-14(17(15)22-7-9-26-10-8-22)11-13-1-5-16(6-2-13)23(24)25/h1-2,5-6,11-12H,3-4,7-10H2,(H3,19,21,27). The SMILES string of the molecule is NC(=S)NN=CC1=C(N2CCOCC2)C(=Cc2ccc([N+](=O)[O-])cc2)CC1. The summed E-state index contributed by atoms with van der Waals surface area (Å²) in [6.45, 7) is 2.99. The summed E-state index contributed by atoms with van der Waals surface area (Å²) < 4.78 is 5.47. The maximum atomic E-state index is 10.8. The molecule has 0 spiro atoms. The molecule has 9 heteroatoms. The van der Waals surface area contributed by atoms with Crippen molar-refractivity contribution < 1.29 is 9.66 Å². The number of ether oxygens (including phenoxy) is 1. The Morgan fingerprint density at radius 1 is 1.30 bits per heavy atom. The maximum absolute atomic E-state index is 10.8. The Hall–Kier alpha value is -2.78. The zero-order valence-corrected chi connectivity index (χ0v) is 15.6. The van der Waals surface area contributed by atoms with Crippen LogP contribution in [0.1, 0.15) is 18.4 Å². The van der Waals surface area contributed by atoms with Gasteiger partial charge in [-0.15, -0.1) is 0 Å². The topological polar surface area (TPSA) is 106 Å². The minimum Gasteiger partial charge on any atom is -0.378 e. The first-order valence-electron chi connectivity index (χ1n) is 8.64. The first kappa shape index (κ1) is 19.0. The molecule has 0 radical (unpaired) electrons. The molecule has 142 valence electrons. The van der Waals surface area contributed by atoms with E-state index in [0.29, 0.717) is 13.2 Å². The Morgan fingerprint density at radius 3 is 2.63 bits per heavy atom. The third-order valence-electron chi connectivity index (χ3n) is 4.44. The van der Waals surface area contributed by atoms with Gasteiger partial charge in [-0.25, -0.2) is 0 Å². The summed E-state index contributed by atoms with van der Waals surface area (Å²) in [6, 6.07) is 6.58. The number of nitro benzene ring substituents is 1. The number of morpholine rings is 1. The molecule has 1 fully saturated rings. The number of hydrogen-bond acceptors (Lipinski definition) is 6. The number of nitrogens with two attached hydrogens (primary N) is 1. The van der Waals surface area contributed by atoms with E-state index in [2.05, 4.69) is 21.5 Å². The third-order valence-corrected chi connectivity index (χ3v) is 4.53. The molecule has 27 heavy (non-hydrogen) atoms. The van der Waals surface area contributed by atoms with E-state index in [4.69, 9.17) is 22.7 Å². The van der Waals surface area contributed by atoms with Crippen LogP contribution in [0.15, 0.2) is 46.2 Å². The van der Waals surface area contributed by atoms with Gasteiger partial charge in [0.05, 0.1) is 24.4 Å². The number of rotatable bonds is 5. The number of nitro groups is 1. The molecule has 1 aromatic carbocycles. The van der Waals surface area contributed by atoms with Crippen LogP contribution in [0, 0.1) is 10.1 Å². The van der Waals surface area contributed by atoms with Crippen molar-refractivity contribution in [1.29, 1.82) is 0 Å². The van der Waals surface area contributed by atoms with Gasteiger partial charge in [0.25, 0.3) is 5.69 Å². The zero-order chi connectivity index (χ0) is 19.2. The molecule has 0 atom stereocenters. The molecule has 3 N–H and O–H groups in total. The van der Waals surface area contributed by atoms with Crippen molar-refractivity contribution in [3.8, 4) is 0 Å². The van der Waals surface area contributed by atoms with E-state index in [1.54, 1.807) is 18.3 Å². The van der Waals surface area contributed by atoms with Crippen LogP contribution in [0.5, 0.6) is 0 Å². The van der Waals surface area contributed by atoms with Crippen LogP contribution < -0.4 is 11.2 Å². The van der Waals surface area contributed by atoms with Gasteiger partial charge < -0.3 is 15.4 Å². The number of nitrogens with zero attached hydrogens (tertiary/aromatic N) is 3. The fourth-order valence-corrected chi connectivity index (χ4v) is 3.29. The predicted octanol–water partition coefficient (Wildman–Crippen LogP) is 2.18. The quantitative estimate of drug-likeness (QED) is 0.345. The number of allylic oxidation sites excluding steroid dienone is 2. The van der Waals surface area contributed by atoms with Gasteiger partial charge in [-0.3, -0.25) is 15.5 Å². The van der Waals surface area contributed by atoms with Crippen LogP contribution in [-0.2, 0) is 4.74 Å². The van der Waals surface area contributed by atoms with E-state index in [1.165, 1.54) is 17.7 Å². The summed E-state index contributed by atoms with van der Waals surface area (Å²) in [5, 5.41) is 15.1. The van der Waals surface area contributed by atoms with Crippen LogP contribution in [-0.4, -0.2) is 47.5 Å².